The molecule has 1 saturated carbocycles. The average Bonchev–Trinajstić information content (AvgIpc) is 3.00. The minimum Gasteiger partial charge on any atom is -0.368 e. The van der Waals surface area contributed by atoms with Gasteiger partial charge in [0.15, 0.2) is 0 Å². The standard InChI is InChI=1S/C12H25N3O/c1-5-12(2,3)15(4)8-10(11(13)16)14-9-6-7-9/h9-10,14H,5-8H2,1-4H3,(H2,13,16). The van der Waals surface area contributed by atoms with Gasteiger partial charge in [-0.1, -0.05) is 6.92 Å². The van der Waals surface area contributed by atoms with E-state index in [9.17, 15) is 4.79 Å². The number of hydrogen-bond donors (Lipinski definition) is 2. The Morgan fingerprint density at radius 1 is 1.56 bits per heavy atom. The number of nitrogens with zero attached hydrogens (tertiary/aromatic N) is 1. The lowest BCUT2D eigenvalue weighted by Crippen LogP contribution is -2.53. The largest absolute Gasteiger partial charge is 0.368 e. The highest BCUT2D eigenvalue weighted by molar-refractivity contribution is 5.80. The van der Waals surface area contributed by atoms with Crippen LogP contribution in [0.2, 0.25) is 0 Å². The molecule has 1 atom stereocenters. The second-order valence-corrected chi connectivity index (χ2v) is 5.44. The number of rotatable bonds is 7. The maximum Gasteiger partial charge on any atom is 0.235 e. The van der Waals surface area contributed by atoms with Gasteiger partial charge in [0, 0.05) is 18.1 Å². The fourth-order valence-electron chi connectivity index (χ4n) is 1.55. The van der Waals surface area contributed by atoms with Crippen LogP contribution in [0.1, 0.15) is 40.0 Å². The van der Waals surface area contributed by atoms with Gasteiger partial charge in [-0.25, -0.2) is 0 Å². The summed E-state index contributed by atoms with van der Waals surface area (Å²) in [5.74, 6) is -0.245. The number of likely N-dealkylation sites (N-methyl/N-ethyl adjacent to an activating group) is 1. The normalized spacial score (nSPS) is 18.8. The van der Waals surface area contributed by atoms with Crippen molar-refractivity contribution in [2.24, 2.45) is 5.73 Å². The summed E-state index contributed by atoms with van der Waals surface area (Å²) in [5.41, 5.74) is 5.53. The van der Waals surface area contributed by atoms with Crippen LogP contribution in [0.5, 0.6) is 0 Å². The third-order valence-corrected chi connectivity index (χ3v) is 3.71. The minimum absolute atomic E-state index is 0.110. The topological polar surface area (TPSA) is 58.4 Å². The molecule has 0 radical (unpaired) electrons. The van der Waals surface area contributed by atoms with Crippen LogP contribution < -0.4 is 11.1 Å². The number of carbonyl (C=O) groups excluding carboxylic acids is 1. The molecule has 4 heteroatoms. The summed E-state index contributed by atoms with van der Waals surface area (Å²) in [7, 11) is 2.05. The van der Waals surface area contributed by atoms with Crippen molar-refractivity contribution in [2.45, 2.75) is 57.7 Å². The van der Waals surface area contributed by atoms with Gasteiger partial charge in [-0.3, -0.25) is 9.69 Å². The summed E-state index contributed by atoms with van der Waals surface area (Å²) in [6.07, 6.45) is 3.40. The van der Waals surface area contributed by atoms with E-state index in [1.165, 1.54) is 12.8 Å². The van der Waals surface area contributed by atoms with Crippen molar-refractivity contribution in [2.75, 3.05) is 13.6 Å². The van der Waals surface area contributed by atoms with Gasteiger partial charge in [-0.05, 0) is 40.2 Å². The van der Waals surface area contributed by atoms with Crippen LogP contribution >= 0.6 is 0 Å². The van der Waals surface area contributed by atoms with Gasteiger partial charge < -0.3 is 11.1 Å². The first-order valence-corrected chi connectivity index (χ1v) is 6.13. The Morgan fingerprint density at radius 3 is 2.50 bits per heavy atom. The monoisotopic (exact) mass is 227 g/mol. The second-order valence-electron chi connectivity index (χ2n) is 5.44. The van der Waals surface area contributed by atoms with Crippen molar-refractivity contribution in [3.63, 3.8) is 0 Å². The van der Waals surface area contributed by atoms with E-state index in [-0.39, 0.29) is 17.5 Å². The van der Waals surface area contributed by atoms with Crippen LogP contribution in [0, 0.1) is 0 Å². The summed E-state index contributed by atoms with van der Waals surface area (Å²) in [4.78, 5) is 13.6. The first-order valence-electron chi connectivity index (χ1n) is 6.13. The Labute approximate surface area is 98.6 Å². The third-order valence-electron chi connectivity index (χ3n) is 3.71. The summed E-state index contributed by atoms with van der Waals surface area (Å²) in [6, 6.07) is 0.291. The van der Waals surface area contributed by atoms with Crippen LogP contribution in [-0.2, 0) is 4.79 Å². The lowest BCUT2D eigenvalue weighted by molar-refractivity contribution is -0.120. The SMILES string of the molecule is CCC(C)(C)N(C)CC(NC1CC1)C(N)=O. The molecule has 16 heavy (non-hydrogen) atoms. The Hall–Kier alpha value is -0.610. The van der Waals surface area contributed by atoms with E-state index in [1.54, 1.807) is 0 Å². The molecule has 0 heterocycles. The number of hydrogen-bond acceptors (Lipinski definition) is 3. The predicted molar refractivity (Wildman–Crippen MR) is 66.1 cm³/mol. The van der Waals surface area contributed by atoms with Gasteiger partial charge in [0.25, 0.3) is 0 Å². The van der Waals surface area contributed by atoms with Crippen molar-refractivity contribution in [1.82, 2.24) is 10.2 Å². The maximum absolute atomic E-state index is 11.3. The molecule has 3 N–H and O–H groups in total. The Bertz CT molecular complexity index is 249. The zero-order chi connectivity index (χ0) is 12.3. The van der Waals surface area contributed by atoms with E-state index in [1.807, 2.05) is 7.05 Å². The van der Waals surface area contributed by atoms with Gasteiger partial charge in [0.2, 0.25) is 5.91 Å². The molecule has 1 aliphatic rings. The maximum atomic E-state index is 11.3. The van der Waals surface area contributed by atoms with Crippen molar-refractivity contribution >= 4 is 5.91 Å². The molecule has 4 nitrogen and oxygen atoms in total. The molecule has 0 aromatic carbocycles. The molecular formula is C12H25N3O. The van der Waals surface area contributed by atoms with Crippen LogP contribution in [0.4, 0.5) is 0 Å². The molecule has 1 amide bonds. The van der Waals surface area contributed by atoms with E-state index in [2.05, 4.69) is 31.0 Å². The lowest BCUT2D eigenvalue weighted by atomic mass is 9.99. The number of nitrogens with two attached hydrogens (primary N) is 1. The molecule has 0 bridgehead atoms. The Balaban J connectivity index is 2.49. The predicted octanol–water partition coefficient (Wildman–Crippen LogP) is 0.713. The number of primary amides is 1. The first kappa shape index (κ1) is 13.5. The fraction of sp³-hybridized carbons (Fsp3) is 0.917. The van der Waals surface area contributed by atoms with E-state index in [0.29, 0.717) is 12.6 Å². The molecule has 1 rings (SSSR count). The zero-order valence-electron chi connectivity index (χ0n) is 10.9. The van der Waals surface area contributed by atoms with Gasteiger partial charge in [-0.2, -0.15) is 0 Å². The van der Waals surface area contributed by atoms with Crippen molar-refractivity contribution in [3.05, 3.63) is 0 Å². The first-order chi connectivity index (χ1) is 7.36. The summed E-state index contributed by atoms with van der Waals surface area (Å²) in [6.45, 7) is 7.21. The van der Waals surface area contributed by atoms with E-state index < -0.39 is 0 Å². The van der Waals surface area contributed by atoms with E-state index >= 15 is 0 Å². The molecule has 0 saturated heterocycles. The highest BCUT2D eigenvalue weighted by Gasteiger charge is 2.30. The quantitative estimate of drug-likeness (QED) is 0.673. The molecule has 1 aliphatic carbocycles. The van der Waals surface area contributed by atoms with Gasteiger partial charge in [0.1, 0.15) is 0 Å². The van der Waals surface area contributed by atoms with Crippen LogP contribution in [-0.4, -0.2) is 42.0 Å². The number of carbonyl (C=O) groups is 1. The number of amides is 1. The highest BCUT2D eigenvalue weighted by atomic mass is 16.1. The molecule has 94 valence electrons. The van der Waals surface area contributed by atoms with E-state index in [4.69, 9.17) is 5.73 Å². The van der Waals surface area contributed by atoms with Gasteiger partial charge in [-0.15, -0.1) is 0 Å². The van der Waals surface area contributed by atoms with Crippen molar-refractivity contribution in [3.8, 4) is 0 Å². The van der Waals surface area contributed by atoms with Crippen LogP contribution in [0.3, 0.4) is 0 Å². The van der Waals surface area contributed by atoms with Crippen molar-refractivity contribution in [1.29, 1.82) is 0 Å². The van der Waals surface area contributed by atoms with E-state index in [0.717, 1.165) is 6.42 Å². The Kier molecular flexibility index (Phi) is 4.33. The summed E-state index contributed by atoms with van der Waals surface area (Å²) < 4.78 is 0. The van der Waals surface area contributed by atoms with Gasteiger partial charge in [0.05, 0.1) is 6.04 Å². The molecule has 0 aliphatic heterocycles. The second kappa shape index (κ2) is 5.15. The average molecular weight is 227 g/mol. The molecule has 0 aromatic rings. The highest BCUT2D eigenvalue weighted by Crippen LogP contribution is 2.21. The molecule has 0 spiro atoms. The molecular weight excluding hydrogens is 202 g/mol. The summed E-state index contributed by atoms with van der Waals surface area (Å²) in [5, 5.41) is 3.30. The smallest absolute Gasteiger partial charge is 0.235 e. The Morgan fingerprint density at radius 2 is 2.12 bits per heavy atom. The number of nitrogens with one attached hydrogen (secondary N) is 1. The van der Waals surface area contributed by atoms with Gasteiger partial charge >= 0.3 is 0 Å². The minimum atomic E-state index is -0.245. The molecule has 1 fully saturated rings. The molecule has 1 unspecified atom stereocenters. The van der Waals surface area contributed by atoms with Crippen LogP contribution in [0.15, 0.2) is 0 Å². The molecule has 0 aromatic heterocycles. The summed E-state index contributed by atoms with van der Waals surface area (Å²) >= 11 is 0. The van der Waals surface area contributed by atoms with Crippen molar-refractivity contribution < 1.29 is 4.79 Å². The zero-order valence-corrected chi connectivity index (χ0v) is 10.9. The lowest BCUT2D eigenvalue weighted by Gasteiger charge is -2.36. The van der Waals surface area contributed by atoms with Crippen LogP contribution in [0.25, 0.3) is 0 Å². The fourth-order valence-corrected chi connectivity index (χ4v) is 1.55. The third kappa shape index (κ3) is 3.76.